The normalized spacial score (nSPS) is 11.5. The van der Waals surface area contributed by atoms with Crippen LogP contribution in [0.3, 0.4) is 0 Å². The van der Waals surface area contributed by atoms with Gasteiger partial charge in [0.15, 0.2) is 0 Å². The van der Waals surface area contributed by atoms with Gasteiger partial charge in [0.1, 0.15) is 23.0 Å². The molecule has 1 N–H and O–H groups in total. The van der Waals surface area contributed by atoms with E-state index in [4.69, 9.17) is 21.4 Å². The number of hydrogen-bond donors (Lipinski definition) is 1. The molecule has 0 bridgehead atoms. The second kappa shape index (κ2) is 9.10. The molecule has 12 heteroatoms. The standard InChI is InChI=1S/C21H15ClF4N2O5/c1-27-17(21(24,25)26)10-18(29)28(20(27)32)14-9-16(12(22)8-13(14)23)33-15-5-3-2-4-11(15)6-7-19(30)31/h2-5,8-10H,6-7H2,1H3,(H,30,31). The number of aromatic nitrogens is 2. The Morgan fingerprint density at radius 3 is 2.42 bits per heavy atom. The minimum absolute atomic E-state index is 0.107. The van der Waals surface area contributed by atoms with Crippen LogP contribution < -0.4 is 16.0 Å². The summed E-state index contributed by atoms with van der Waals surface area (Å²) < 4.78 is 59.9. The topological polar surface area (TPSA) is 90.5 Å². The number of rotatable bonds is 6. The smallest absolute Gasteiger partial charge is 0.431 e. The van der Waals surface area contributed by atoms with Crippen LogP contribution in [0.25, 0.3) is 5.69 Å². The Hall–Kier alpha value is -3.60. The lowest BCUT2D eigenvalue weighted by Gasteiger charge is -2.16. The number of aliphatic carboxylic acids is 1. The van der Waals surface area contributed by atoms with Crippen LogP contribution in [0.1, 0.15) is 17.7 Å². The maximum absolute atomic E-state index is 14.6. The van der Waals surface area contributed by atoms with E-state index in [0.717, 1.165) is 19.2 Å². The van der Waals surface area contributed by atoms with Crippen LogP contribution >= 0.6 is 11.6 Å². The van der Waals surface area contributed by atoms with E-state index in [2.05, 4.69) is 0 Å². The van der Waals surface area contributed by atoms with E-state index in [-0.39, 0.29) is 44.6 Å². The Kier molecular flexibility index (Phi) is 6.63. The Bertz CT molecular complexity index is 1350. The van der Waals surface area contributed by atoms with E-state index in [9.17, 15) is 31.9 Å². The lowest BCUT2D eigenvalue weighted by Crippen LogP contribution is -2.41. The number of aryl methyl sites for hydroxylation is 1. The summed E-state index contributed by atoms with van der Waals surface area (Å²) >= 11 is 6.04. The van der Waals surface area contributed by atoms with Crippen molar-refractivity contribution < 1.29 is 32.2 Å². The molecule has 0 saturated carbocycles. The Labute approximate surface area is 188 Å². The molecule has 174 valence electrons. The van der Waals surface area contributed by atoms with Crippen molar-refractivity contribution in [3.63, 3.8) is 0 Å². The summed E-state index contributed by atoms with van der Waals surface area (Å²) in [6.07, 6.45) is -5.06. The van der Waals surface area contributed by atoms with Gasteiger partial charge in [-0.3, -0.25) is 14.2 Å². The lowest BCUT2D eigenvalue weighted by molar-refractivity contribution is -0.144. The highest BCUT2D eigenvalue weighted by Gasteiger charge is 2.35. The molecular weight excluding hydrogens is 472 g/mol. The molecule has 0 aliphatic rings. The molecule has 33 heavy (non-hydrogen) atoms. The van der Waals surface area contributed by atoms with E-state index < -0.39 is 40.6 Å². The van der Waals surface area contributed by atoms with Crippen molar-refractivity contribution in [3.05, 3.63) is 85.4 Å². The van der Waals surface area contributed by atoms with Crippen LogP contribution in [0.15, 0.2) is 52.1 Å². The van der Waals surface area contributed by atoms with Crippen molar-refractivity contribution in [1.82, 2.24) is 9.13 Å². The van der Waals surface area contributed by atoms with E-state index in [1.54, 1.807) is 18.2 Å². The van der Waals surface area contributed by atoms with Crippen molar-refractivity contribution in [1.29, 1.82) is 0 Å². The largest absolute Gasteiger partial charge is 0.481 e. The minimum Gasteiger partial charge on any atom is -0.481 e. The van der Waals surface area contributed by atoms with Gasteiger partial charge < -0.3 is 9.84 Å². The zero-order valence-corrected chi connectivity index (χ0v) is 17.6. The molecule has 1 heterocycles. The molecule has 1 aromatic heterocycles. The summed E-state index contributed by atoms with van der Waals surface area (Å²) in [7, 11) is 0.797. The van der Waals surface area contributed by atoms with E-state index in [1.165, 1.54) is 6.07 Å². The fourth-order valence-electron chi connectivity index (χ4n) is 3.06. The van der Waals surface area contributed by atoms with Crippen molar-refractivity contribution in [2.24, 2.45) is 7.05 Å². The third-order valence-electron chi connectivity index (χ3n) is 4.65. The maximum atomic E-state index is 14.6. The van der Waals surface area contributed by atoms with Crippen LogP contribution in [-0.4, -0.2) is 20.2 Å². The second-order valence-electron chi connectivity index (χ2n) is 6.88. The van der Waals surface area contributed by atoms with Gasteiger partial charge in [-0.2, -0.15) is 13.2 Å². The van der Waals surface area contributed by atoms with Crippen LogP contribution in [0.4, 0.5) is 17.6 Å². The first-order valence-corrected chi connectivity index (χ1v) is 9.65. The molecule has 0 unspecified atom stereocenters. The van der Waals surface area contributed by atoms with Gasteiger partial charge in [0, 0.05) is 25.6 Å². The average molecular weight is 487 g/mol. The van der Waals surface area contributed by atoms with E-state index in [1.807, 2.05) is 0 Å². The summed E-state index contributed by atoms with van der Waals surface area (Å²) in [4.78, 5) is 35.7. The average Bonchev–Trinajstić information content (AvgIpc) is 2.72. The molecule has 0 saturated heterocycles. The molecule has 2 aromatic carbocycles. The van der Waals surface area contributed by atoms with Crippen LogP contribution in [0.2, 0.25) is 5.02 Å². The molecular formula is C21H15ClF4N2O5. The van der Waals surface area contributed by atoms with Crippen molar-refractivity contribution in [2.75, 3.05) is 0 Å². The number of ether oxygens (including phenoxy) is 1. The first-order chi connectivity index (χ1) is 15.4. The quantitative estimate of drug-likeness (QED) is 0.528. The minimum atomic E-state index is -4.97. The zero-order chi connectivity index (χ0) is 24.5. The highest BCUT2D eigenvalue weighted by atomic mass is 35.5. The highest BCUT2D eigenvalue weighted by Crippen LogP contribution is 2.34. The monoisotopic (exact) mass is 486 g/mol. The Balaban J connectivity index is 2.12. The van der Waals surface area contributed by atoms with Gasteiger partial charge in [-0.1, -0.05) is 29.8 Å². The van der Waals surface area contributed by atoms with Crippen molar-refractivity contribution in [2.45, 2.75) is 19.0 Å². The fraction of sp³-hybridized carbons (Fsp3) is 0.190. The maximum Gasteiger partial charge on any atom is 0.431 e. The summed E-state index contributed by atoms with van der Waals surface area (Å²) in [5, 5.41) is 8.65. The number of carboxylic acids is 1. The Morgan fingerprint density at radius 1 is 1.12 bits per heavy atom. The van der Waals surface area contributed by atoms with Crippen molar-refractivity contribution >= 4 is 17.6 Å². The number of hydrogen-bond acceptors (Lipinski definition) is 4. The number of benzene rings is 2. The first-order valence-electron chi connectivity index (χ1n) is 9.27. The SMILES string of the molecule is Cn1c(C(F)(F)F)cc(=O)n(-c2cc(Oc3ccccc3CCC(=O)O)c(Cl)cc2F)c1=O. The molecule has 0 spiro atoms. The van der Waals surface area contributed by atoms with Gasteiger partial charge in [0.2, 0.25) is 0 Å². The number of halogens is 5. The van der Waals surface area contributed by atoms with Gasteiger partial charge in [0.05, 0.1) is 10.7 Å². The van der Waals surface area contributed by atoms with E-state index >= 15 is 0 Å². The number of nitrogens with zero attached hydrogens (tertiary/aromatic N) is 2. The molecule has 0 fully saturated rings. The summed E-state index contributed by atoms with van der Waals surface area (Å²) in [5.74, 6) is -2.20. The zero-order valence-electron chi connectivity index (χ0n) is 16.8. The number of carbonyl (C=O) groups is 1. The number of carboxylic acid groups (broad SMARTS) is 1. The summed E-state index contributed by atoms with van der Waals surface area (Å²) in [6, 6.07) is 8.17. The molecule has 3 rings (SSSR count). The Morgan fingerprint density at radius 2 is 1.79 bits per heavy atom. The number of alkyl halides is 3. The van der Waals surface area contributed by atoms with Gasteiger partial charge in [-0.05, 0) is 24.1 Å². The van der Waals surface area contributed by atoms with E-state index in [0.29, 0.717) is 5.56 Å². The lowest BCUT2D eigenvalue weighted by atomic mass is 10.1. The first kappa shape index (κ1) is 24.1. The predicted molar refractivity (Wildman–Crippen MR) is 110 cm³/mol. The molecule has 0 aliphatic heterocycles. The predicted octanol–water partition coefficient (Wildman–Crippen LogP) is 4.16. The molecule has 0 radical (unpaired) electrons. The van der Waals surface area contributed by atoms with Crippen LogP contribution in [-0.2, 0) is 24.4 Å². The molecule has 7 nitrogen and oxygen atoms in total. The summed E-state index contributed by atoms with van der Waals surface area (Å²) in [6.45, 7) is 0. The van der Waals surface area contributed by atoms with Gasteiger partial charge in [-0.15, -0.1) is 0 Å². The summed E-state index contributed by atoms with van der Waals surface area (Å²) in [5.41, 5.74) is -4.50. The number of para-hydroxylation sites is 1. The van der Waals surface area contributed by atoms with Crippen LogP contribution in [0, 0.1) is 5.82 Å². The second-order valence-corrected chi connectivity index (χ2v) is 7.29. The van der Waals surface area contributed by atoms with Gasteiger partial charge >= 0.3 is 17.8 Å². The molecule has 0 amide bonds. The van der Waals surface area contributed by atoms with Gasteiger partial charge in [0.25, 0.3) is 5.56 Å². The van der Waals surface area contributed by atoms with Crippen molar-refractivity contribution in [3.8, 4) is 17.2 Å². The fourth-order valence-corrected chi connectivity index (χ4v) is 3.25. The third kappa shape index (κ3) is 5.08. The molecule has 0 atom stereocenters. The highest BCUT2D eigenvalue weighted by molar-refractivity contribution is 6.32. The molecule has 3 aromatic rings. The molecule has 0 aliphatic carbocycles. The van der Waals surface area contributed by atoms with Crippen LogP contribution in [0.5, 0.6) is 11.5 Å². The third-order valence-corrected chi connectivity index (χ3v) is 4.95. The van der Waals surface area contributed by atoms with Gasteiger partial charge in [-0.25, -0.2) is 13.8 Å².